The van der Waals surface area contributed by atoms with Gasteiger partial charge in [-0.2, -0.15) is 0 Å². The lowest BCUT2D eigenvalue weighted by molar-refractivity contribution is -0.384. The quantitative estimate of drug-likeness (QED) is 0.467. The van der Waals surface area contributed by atoms with Crippen LogP contribution in [0, 0.1) is 10.1 Å². The van der Waals surface area contributed by atoms with Gasteiger partial charge in [0, 0.05) is 6.07 Å². The first kappa shape index (κ1) is 15.2. The minimum Gasteiger partial charge on any atom is -0.494 e. The van der Waals surface area contributed by atoms with Crippen molar-refractivity contribution in [1.29, 1.82) is 0 Å². The highest BCUT2D eigenvalue weighted by Crippen LogP contribution is 2.29. The average molecular weight is 267 g/mol. The molecule has 1 atom stereocenters. The summed E-state index contributed by atoms with van der Waals surface area (Å²) in [6.07, 6.45) is 0.130. The molecule has 106 valence electrons. The molecule has 0 fully saturated rings. The second-order valence-corrected chi connectivity index (χ2v) is 4.18. The predicted octanol–water partition coefficient (Wildman–Crippen LogP) is 2.70. The normalized spacial score (nSPS) is 12.3. The zero-order chi connectivity index (χ0) is 14.4. The van der Waals surface area contributed by atoms with E-state index < -0.39 is 4.92 Å². The van der Waals surface area contributed by atoms with Gasteiger partial charge >= 0.3 is 0 Å². The Morgan fingerprint density at radius 1 is 1.42 bits per heavy atom. The van der Waals surface area contributed by atoms with Crippen molar-refractivity contribution in [3.63, 3.8) is 0 Å². The smallest absolute Gasteiger partial charge is 0.273 e. The predicted molar refractivity (Wildman–Crippen MR) is 75.7 cm³/mol. The Bertz CT molecular complexity index is 433. The van der Waals surface area contributed by atoms with Crippen LogP contribution < -0.4 is 10.1 Å². The van der Waals surface area contributed by atoms with Gasteiger partial charge in [-0.15, -0.1) is 0 Å². The van der Waals surface area contributed by atoms with E-state index in [1.54, 1.807) is 6.07 Å². The number of rotatable bonds is 7. The minimum absolute atomic E-state index is 0.0258. The van der Waals surface area contributed by atoms with Crippen LogP contribution in [0.4, 0.5) is 11.4 Å². The summed E-state index contributed by atoms with van der Waals surface area (Å²) in [6.45, 7) is 8.09. The van der Waals surface area contributed by atoms with Crippen LogP contribution >= 0.6 is 0 Å². The first-order valence-corrected chi connectivity index (χ1v) is 6.36. The lowest BCUT2D eigenvalue weighted by Gasteiger charge is -2.28. The fraction of sp³-hybridized carbons (Fsp3) is 0.538. The number of anilines is 1. The van der Waals surface area contributed by atoms with E-state index in [1.807, 2.05) is 6.92 Å². The number of non-ortho nitro benzene ring substituents is 1. The Morgan fingerprint density at radius 3 is 2.53 bits per heavy atom. The van der Waals surface area contributed by atoms with Gasteiger partial charge in [0.1, 0.15) is 5.75 Å². The van der Waals surface area contributed by atoms with Gasteiger partial charge in [0.05, 0.1) is 30.0 Å². The Balaban J connectivity index is 2.91. The molecule has 0 saturated heterocycles. The molecular formula is C13H21N3O3. The Hall–Kier alpha value is -1.82. The van der Waals surface area contributed by atoms with Gasteiger partial charge in [0.25, 0.3) is 5.69 Å². The lowest BCUT2D eigenvalue weighted by atomic mass is 10.2. The molecule has 0 saturated carbocycles. The topological polar surface area (TPSA) is 67.6 Å². The van der Waals surface area contributed by atoms with E-state index >= 15 is 0 Å². The molecular weight excluding hydrogens is 246 g/mol. The fourth-order valence-electron chi connectivity index (χ4n) is 2.00. The SMILES string of the molecule is CCN(CC)C(C)Nc1ccc([N+](=O)[O-])cc1OC. The molecule has 1 aromatic rings. The summed E-state index contributed by atoms with van der Waals surface area (Å²) < 4.78 is 5.20. The molecule has 0 aliphatic heterocycles. The number of nitro groups is 1. The number of benzene rings is 1. The summed E-state index contributed by atoms with van der Waals surface area (Å²) in [5.74, 6) is 0.480. The van der Waals surface area contributed by atoms with E-state index in [0.717, 1.165) is 18.8 Å². The zero-order valence-electron chi connectivity index (χ0n) is 11.8. The van der Waals surface area contributed by atoms with Crippen LogP contribution in [0.1, 0.15) is 20.8 Å². The highest BCUT2D eigenvalue weighted by atomic mass is 16.6. The second-order valence-electron chi connectivity index (χ2n) is 4.18. The minimum atomic E-state index is -0.430. The van der Waals surface area contributed by atoms with Crippen LogP contribution in [0.3, 0.4) is 0 Å². The van der Waals surface area contributed by atoms with Crippen molar-refractivity contribution in [3.05, 3.63) is 28.3 Å². The maximum Gasteiger partial charge on any atom is 0.273 e. The van der Waals surface area contributed by atoms with Crippen LogP contribution in [-0.4, -0.2) is 36.2 Å². The summed E-state index contributed by atoms with van der Waals surface area (Å²) in [5, 5.41) is 14.0. The van der Waals surface area contributed by atoms with E-state index in [9.17, 15) is 10.1 Å². The van der Waals surface area contributed by atoms with Crippen molar-refractivity contribution < 1.29 is 9.66 Å². The van der Waals surface area contributed by atoms with Crippen molar-refractivity contribution in [3.8, 4) is 5.75 Å². The van der Waals surface area contributed by atoms with Gasteiger partial charge in [-0.1, -0.05) is 13.8 Å². The number of nitro benzene ring substituents is 1. The molecule has 0 spiro atoms. The van der Waals surface area contributed by atoms with Gasteiger partial charge in [-0.3, -0.25) is 15.0 Å². The van der Waals surface area contributed by atoms with Crippen molar-refractivity contribution in [2.45, 2.75) is 26.9 Å². The van der Waals surface area contributed by atoms with Gasteiger partial charge in [-0.25, -0.2) is 0 Å². The van der Waals surface area contributed by atoms with Gasteiger partial charge in [0.2, 0.25) is 0 Å². The number of nitrogens with zero attached hydrogens (tertiary/aromatic N) is 2. The highest BCUT2D eigenvalue weighted by molar-refractivity contribution is 5.61. The standard InChI is InChI=1S/C13H21N3O3/c1-5-15(6-2)10(3)14-12-8-7-11(16(17)18)9-13(12)19-4/h7-10,14H,5-6H2,1-4H3. The highest BCUT2D eigenvalue weighted by Gasteiger charge is 2.15. The third-order valence-corrected chi connectivity index (χ3v) is 3.12. The first-order chi connectivity index (χ1) is 9.03. The van der Waals surface area contributed by atoms with E-state index in [-0.39, 0.29) is 11.9 Å². The van der Waals surface area contributed by atoms with E-state index in [2.05, 4.69) is 24.1 Å². The number of ether oxygens (including phenoxy) is 1. The van der Waals surface area contributed by atoms with E-state index in [4.69, 9.17) is 4.74 Å². The lowest BCUT2D eigenvalue weighted by Crippen LogP contribution is -2.38. The number of nitrogens with one attached hydrogen (secondary N) is 1. The molecule has 1 N–H and O–H groups in total. The molecule has 0 aromatic heterocycles. The Labute approximate surface area is 113 Å². The number of methoxy groups -OCH3 is 1. The molecule has 0 heterocycles. The van der Waals surface area contributed by atoms with Gasteiger partial charge in [-0.05, 0) is 26.1 Å². The molecule has 0 aliphatic rings. The van der Waals surface area contributed by atoms with Crippen LogP contribution in [0.5, 0.6) is 5.75 Å². The van der Waals surface area contributed by atoms with E-state index in [1.165, 1.54) is 19.2 Å². The van der Waals surface area contributed by atoms with E-state index in [0.29, 0.717) is 5.75 Å². The van der Waals surface area contributed by atoms with Gasteiger partial charge in [0.15, 0.2) is 0 Å². The van der Waals surface area contributed by atoms with Crippen molar-refractivity contribution in [2.75, 3.05) is 25.5 Å². The number of hydrogen-bond donors (Lipinski definition) is 1. The summed E-state index contributed by atoms with van der Waals surface area (Å²) in [6, 6.07) is 4.58. The van der Waals surface area contributed by atoms with Crippen LogP contribution in [0.2, 0.25) is 0 Å². The molecule has 1 rings (SSSR count). The Kier molecular flexibility index (Phi) is 5.57. The van der Waals surface area contributed by atoms with Crippen molar-refractivity contribution in [1.82, 2.24) is 4.90 Å². The monoisotopic (exact) mass is 267 g/mol. The summed E-state index contributed by atoms with van der Waals surface area (Å²) in [4.78, 5) is 12.5. The molecule has 19 heavy (non-hydrogen) atoms. The molecule has 6 nitrogen and oxygen atoms in total. The zero-order valence-corrected chi connectivity index (χ0v) is 11.8. The van der Waals surface area contributed by atoms with Gasteiger partial charge < -0.3 is 10.1 Å². The summed E-state index contributed by atoms with van der Waals surface area (Å²) in [7, 11) is 1.51. The molecule has 0 bridgehead atoms. The first-order valence-electron chi connectivity index (χ1n) is 6.36. The Morgan fingerprint density at radius 2 is 2.05 bits per heavy atom. The van der Waals surface area contributed by atoms with Crippen LogP contribution in [0.15, 0.2) is 18.2 Å². The molecule has 0 radical (unpaired) electrons. The molecule has 1 unspecified atom stereocenters. The third kappa shape index (κ3) is 3.82. The summed E-state index contributed by atoms with van der Waals surface area (Å²) >= 11 is 0. The van der Waals surface area contributed by atoms with Crippen LogP contribution in [0.25, 0.3) is 0 Å². The third-order valence-electron chi connectivity index (χ3n) is 3.12. The molecule has 6 heteroatoms. The largest absolute Gasteiger partial charge is 0.494 e. The molecule has 0 aliphatic carbocycles. The maximum absolute atomic E-state index is 10.7. The maximum atomic E-state index is 10.7. The van der Waals surface area contributed by atoms with Crippen molar-refractivity contribution >= 4 is 11.4 Å². The van der Waals surface area contributed by atoms with Crippen LogP contribution in [-0.2, 0) is 0 Å². The fourth-order valence-corrected chi connectivity index (χ4v) is 2.00. The molecule has 0 amide bonds. The number of hydrogen-bond acceptors (Lipinski definition) is 5. The summed E-state index contributed by atoms with van der Waals surface area (Å²) in [5.41, 5.74) is 0.783. The molecule has 1 aromatic carbocycles. The van der Waals surface area contributed by atoms with Crippen molar-refractivity contribution in [2.24, 2.45) is 0 Å². The average Bonchev–Trinajstić information content (AvgIpc) is 2.40. The second kappa shape index (κ2) is 6.94.